The number of ether oxygens (including phenoxy) is 1. The van der Waals surface area contributed by atoms with Crippen molar-refractivity contribution in [1.29, 1.82) is 0 Å². The van der Waals surface area contributed by atoms with E-state index in [0.29, 0.717) is 10.0 Å². The Hall–Kier alpha value is -1.71. The Morgan fingerprint density at radius 1 is 1.14 bits per heavy atom. The molecule has 0 radical (unpaired) electrons. The quantitative estimate of drug-likeness (QED) is 0.900. The van der Waals surface area contributed by atoms with E-state index in [4.69, 9.17) is 27.9 Å². The molecule has 2 aromatic carbocycles. The first kappa shape index (κ1) is 15.7. The molecule has 110 valence electrons. The molecule has 0 aliphatic heterocycles. The van der Waals surface area contributed by atoms with Gasteiger partial charge in [0.25, 0.3) is 5.91 Å². The minimum absolute atomic E-state index is 0.195. The number of amides is 1. The van der Waals surface area contributed by atoms with Gasteiger partial charge in [-0.3, -0.25) is 4.79 Å². The summed E-state index contributed by atoms with van der Waals surface area (Å²) in [6.45, 7) is 1.89. The van der Waals surface area contributed by atoms with Crippen molar-refractivity contribution >= 4 is 29.1 Å². The van der Waals surface area contributed by atoms with Crippen LogP contribution in [0.4, 0.5) is 0 Å². The second kappa shape index (κ2) is 6.83. The topological polar surface area (TPSA) is 38.3 Å². The number of carbonyl (C=O) groups is 1. The minimum Gasteiger partial charge on any atom is -0.497 e. The molecule has 1 amide bonds. The standard InChI is InChI=1S/C16H15Cl2NO2/c1-10(11-5-3-6-12(9-11)21-2)19-16(20)15-13(17)7-4-8-14(15)18/h3-10H,1-2H3,(H,19,20)/t10-/m1/s1. The van der Waals surface area contributed by atoms with Gasteiger partial charge in [-0.15, -0.1) is 0 Å². The van der Waals surface area contributed by atoms with Crippen LogP contribution in [-0.2, 0) is 0 Å². The van der Waals surface area contributed by atoms with Gasteiger partial charge in [0.05, 0.1) is 28.8 Å². The number of carbonyl (C=O) groups excluding carboxylic acids is 1. The third-order valence-electron chi connectivity index (χ3n) is 3.13. The summed E-state index contributed by atoms with van der Waals surface area (Å²) in [7, 11) is 1.60. The zero-order valence-corrected chi connectivity index (χ0v) is 13.2. The van der Waals surface area contributed by atoms with Crippen molar-refractivity contribution in [1.82, 2.24) is 5.32 Å². The molecule has 2 rings (SSSR count). The number of nitrogens with one attached hydrogen (secondary N) is 1. The van der Waals surface area contributed by atoms with Crippen LogP contribution in [0.3, 0.4) is 0 Å². The second-order valence-corrected chi connectivity index (χ2v) is 5.38. The van der Waals surface area contributed by atoms with Crippen molar-refractivity contribution in [2.24, 2.45) is 0 Å². The molecule has 0 aliphatic rings. The molecule has 3 nitrogen and oxygen atoms in total. The Labute approximate surface area is 133 Å². The summed E-state index contributed by atoms with van der Waals surface area (Å²) in [5.41, 5.74) is 1.22. The first-order valence-corrected chi connectivity index (χ1v) is 7.17. The van der Waals surface area contributed by atoms with Crippen LogP contribution >= 0.6 is 23.2 Å². The molecular weight excluding hydrogens is 309 g/mol. The monoisotopic (exact) mass is 323 g/mol. The first-order chi connectivity index (χ1) is 10.0. The van der Waals surface area contributed by atoms with Crippen LogP contribution in [0.2, 0.25) is 10.0 Å². The fraction of sp³-hybridized carbons (Fsp3) is 0.188. The van der Waals surface area contributed by atoms with Gasteiger partial charge in [-0.05, 0) is 36.8 Å². The van der Waals surface area contributed by atoms with Gasteiger partial charge in [-0.25, -0.2) is 0 Å². The lowest BCUT2D eigenvalue weighted by Crippen LogP contribution is -2.27. The minimum atomic E-state index is -0.305. The molecule has 21 heavy (non-hydrogen) atoms. The summed E-state index contributed by atoms with van der Waals surface area (Å²) in [6, 6.07) is 12.3. The summed E-state index contributed by atoms with van der Waals surface area (Å²) in [6.07, 6.45) is 0. The van der Waals surface area contributed by atoms with E-state index < -0.39 is 0 Å². The predicted molar refractivity (Wildman–Crippen MR) is 85.3 cm³/mol. The summed E-state index contributed by atoms with van der Waals surface area (Å²) in [5.74, 6) is 0.435. The van der Waals surface area contributed by atoms with Crippen LogP contribution in [-0.4, -0.2) is 13.0 Å². The predicted octanol–water partition coefficient (Wildman–Crippen LogP) is 4.49. The summed E-state index contributed by atoms with van der Waals surface area (Å²) in [4.78, 5) is 12.3. The van der Waals surface area contributed by atoms with Gasteiger partial charge in [0.15, 0.2) is 0 Å². The van der Waals surface area contributed by atoms with Crippen molar-refractivity contribution in [3.8, 4) is 5.75 Å². The third-order valence-corrected chi connectivity index (χ3v) is 3.76. The van der Waals surface area contributed by atoms with Crippen LogP contribution in [0.5, 0.6) is 5.75 Å². The maximum atomic E-state index is 12.3. The van der Waals surface area contributed by atoms with E-state index in [-0.39, 0.29) is 17.5 Å². The molecule has 0 spiro atoms. The highest BCUT2D eigenvalue weighted by molar-refractivity contribution is 6.39. The Balaban J connectivity index is 2.19. The Kier molecular flexibility index (Phi) is 5.10. The van der Waals surface area contributed by atoms with Crippen molar-refractivity contribution < 1.29 is 9.53 Å². The van der Waals surface area contributed by atoms with Crippen molar-refractivity contribution in [2.75, 3.05) is 7.11 Å². The molecule has 2 aromatic rings. The van der Waals surface area contributed by atoms with Crippen LogP contribution in [0.25, 0.3) is 0 Å². The van der Waals surface area contributed by atoms with Gasteiger partial charge in [-0.1, -0.05) is 41.4 Å². The molecular formula is C16H15Cl2NO2. The Bertz CT molecular complexity index is 638. The molecule has 5 heteroatoms. The van der Waals surface area contributed by atoms with Crippen LogP contribution < -0.4 is 10.1 Å². The Morgan fingerprint density at radius 2 is 1.76 bits per heavy atom. The number of benzene rings is 2. The lowest BCUT2D eigenvalue weighted by atomic mass is 10.1. The van der Waals surface area contributed by atoms with Crippen LogP contribution in [0.1, 0.15) is 28.9 Å². The van der Waals surface area contributed by atoms with Gasteiger partial charge in [0.2, 0.25) is 0 Å². The first-order valence-electron chi connectivity index (χ1n) is 6.41. The van der Waals surface area contributed by atoms with E-state index in [2.05, 4.69) is 5.32 Å². The van der Waals surface area contributed by atoms with Crippen LogP contribution in [0, 0.1) is 0 Å². The second-order valence-electron chi connectivity index (χ2n) is 4.57. The van der Waals surface area contributed by atoms with Gasteiger partial charge in [0.1, 0.15) is 5.75 Å². The van der Waals surface area contributed by atoms with E-state index in [1.165, 1.54) is 0 Å². The lowest BCUT2D eigenvalue weighted by Gasteiger charge is -2.16. The zero-order valence-electron chi connectivity index (χ0n) is 11.7. The number of hydrogen-bond acceptors (Lipinski definition) is 2. The fourth-order valence-corrected chi connectivity index (χ4v) is 2.55. The number of hydrogen-bond donors (Lipinski definition) is 1. The summed E-state index contributed by atoms with van der Waals surface area (Å²) < 4.78 is 5.18. The third kappa shape index (κ3) is 3.69. The largest absolute Gasteiger partial charge is 0.497 e. The lowest BCUT2D eigenvalue weighted by molar-refractivity contribution is 0.0940. The average Bonchev–Trinajstić information content (AvgIpc) is 2.47. The van der Waals surface area contributed by atoms with Crippen LogP contribution in [0.15, 0.2) is 42.5 Å². The highest BCUT2D eigenvalue weighted by atomic mass is 35.5. The van der Waals surface area contributed by atoms with E-state index in [9.17, 15) is 4.79 Å². The van der Waals surface area contributed by atoms with Gasteiger partial charge in [0, 0.05) is 0 Å². The van der Waals surface area contributed by atoms with Crippen molar-refractivity contribution in [3.05, 3.63) is 63.6 Å². The molecule has 1 N–H and O–H groups in total. The fourth-order valence-electron chi connectivity index (χ4n) is 1.98. The highest BCUT2D eigenvalue weighted by Gasteiger charge is 2.17. The smallest absolute Gasteiger partial charge is 0.254 e. The van der Waals surface area contributed by atoms with Crippen molar-refractivity contribution in [2.45, 2.75) is 13.0 Å². The van der Waals surface area contributed by atoms with Crippen molar-refractivity contribution in [3.63, 3.8) is 0 Å². The Morgan fingerprint density at radius 3 is 2.38 bits per heavy atom. The SMILES string of the molecule is COc1cccc([C@@H](C)NC(=O)c2c(Cl)cccc2Cl)c1. The molecule has 0 saturated carbocycles. The number of rotatable bonds is 4. The molecule has 0 saturated heterocycles. The van der Waals surface area contributed by atoms with E-state index in [1.54, 1.807) is 25.3 Å². The molecule has 0 unspecified atom stereocenters. The maximum Gasteiger partial charge on any atom is 0.254 e. The molecule has 0 fully saturated rings. The normalized spacial score (nSPS) is 11.8. The highest BCUT2D eigenvalue weighted by Crippen LogP contribution is 2.25. The number of halogens is 2. The van der Waals surface area contributed by atoms with E-state index in [0.717, 1.165) is 11.3 Å². The molecule has 0 aliphatic carbocycles. The van der Waals surface area contributed by atoms with E-state index >= 15 is 0 Å². The van der Waals surface area contributed by atoms with Gasteiger partial charge in [-0.2, -0.15) is 0 Å². The zero-order chi connectivity index (χ0) is 15.4. The molecule has 0 bridgehead atoms. The van der Waals surface area contributed by atoms with Gasteiger partial charge >= 0.3 is 0 Å². The van der Waals surface area contributed by atoms with Gasteiger partial charge < -0.3 is 10.1 Å². The molecule has 1 atom stereocenters. The summed E-state index contributed by atoms with van der Waals surface area (Å²) >= 11 is 12.1. The molecule has 0 aromatic heterocycles. The van der Waals surface area contributed by atoms with E-state index in [1.807, 2.05) is 31.2 Å². The molecule has 0 heterocycles. The average molecular weight is 324 g/mol. The summed E-state index contributed by atoms with van der Waals surface area (Å²) in [5, 5.41) is 3.54. The maximum absolute atomic E-state index is 12.3. The number of methoxy groups -OCH3 is 1.